The van der Waals surface area contributed by atoms with Crippen molar-refractivity contribution in [2.24, 2.45) is 16.8 Å². The molecule has 1 amide bonds. The SMILES string of the molecule is CCC(C)C(=O)Nc1cccc(CNC(=NC)N2CCC(COCCOC)C2)c1. The lowest BCUT2D eigenvalue weighted by molar-refractivity contribution is -0.119. The highest BCUT2D eigenvalue weighted by Gasteiger charge is 2.24. The number of likely N-dealkylation sites (tertiary alicyclic amines) is 1. The summed E-state index contributed by atoms with van der Waals surface area (Å²) in [5, 5.41) is 6.44. The van der Waals surface area contributed by atoms with Crippen molar-refractivity contribution in [1.29, 1.82) is 0 Å². The molecule has 162 valence electrons. The van der Waals surface area contributed by atoms with Crippen LogP contribution in [0.1, 0.15) is 32.3 Å². The smallest absolute Gasteiger partial charge is 0.227 e. The summed E-state index contributed by atoms with van der Waals surface area (Å²) < 4.78 is 10.7. The van der Waals surface area contributed by atoms with Crippen molar-refractivity contribution in [3.63, 3.8) is 0 Å². The van der Waals surface area contributed by atoms with Crippen LogP contribution in [0.15, 0.2) is 29.3 Å². The number of carbonyl (C=O) groups excluding carboxylic acids is 1. The molecule has 0 spiro atoms. The van der Waals surface area contributed by atoms with Gasteiger partial charge >= 0.3 is 0 Å². The molecule has 7 heteroatoms. The summed E-state index contributed by atoms with van der Waals surface area (Å²) in [6, 6.07) is 7.95. The van der Waals surface area contributed by atoms with E-state index in [4.69, 9.17) is 9.47 Å². The van der Waals surface area contributed by atoms with E-state index in [1.165, 1.54) is 0 Å². The first-order valence-corrected chi connectivity index (χ1v) is 10.5. The first-order chi connectivity index (χ1) is 14.1. The number of nitrogens with zero attached hydrogens (tertiary/aromatic N) is 2. The van der Waals surface area contributed by atoms with Gasteiger partial charge in [0.05, 0.1) is 19.8 Å². The van der Waals surface area contributed by atoms with Gasteiger partial charge in [-0.25, -0.2) is 0 Å². The van der Waals surface area contributed by atoms with Gasteiger partial charge in [-0.2, -0.15) is 0 Å². The van der Waals surface area contributed by atoms with E-state index in [9.17, 15) is 4.79 Å². The maximum atomic E-state index is 12.1. The second-order valence-electron chi connectivity index (χ2n) is 7.57. The van der Waals surface area contributed by atoms with Gasteiger partial charge in [0.15, 0.2) is 5.96 Å². The zero-order chi connectivity index (χ0) is 21.1. The van der Waals surface area contributed by atoms with Crippen LogP contribution in [-0.4, -0.2) is 63.8 Å². The number of benzene rings is 1. The molecule has 1 fully saturated rings. The third kappa shape index (κ3) is 7.66. The first-order valence-electron chi connectivity index (χ1n) is 10.5. The zero-order valence-electron chi connectivity index (χ0n) is 18.2. The monoisotopic (exact) mass is 404 g/mol. The number of hydrogen-bond donors (Lipinski definition) is 2. The van der Waals surface area contributed by atoms with Gasteiger partial charge in [-0.15, -0.1) is 0 Å². The van der Waals surface area contributed by atoms with Crippen molar-refractivity contribution in [1.82, 2.24) is 10.2 Å². The Balaban J connectivity index is 1.82. The molecule has 1 aliphatic heterocycles. The Hall–Kier alpha value is -2.12. The van der Waals surface area contributed by atoms with Crippen molar-refractivity contribution in [2.75, 3.05) is 52.4 Å². The summed E-state index contributed by atoms with van der Waals surface area (Å²) in [5.41, 5.74) is 1.94. The average Bonchev–Trinajstić information content (AvgIpc) is 3.20. The number of guanidine groups is 1. The number of rotatable bonds is 10. The normalized spacial score (nSPS) is 18.0. The summed E-state index contributed by atoms with van der Waals surface area (Å²) in [6.07, 6.45) is 1.93. The van der Waals surface area contributed by atoms with E-state index in [0.29, 0.717) is 25.7 Å². The van der Waals surface area contributed by atoms with Gasteiger partial charge < -0.3 is 25.0 Å². The van der Waals surface area contributed by atoms with Crippen molar-refractivity contribution < 1.29 is 14.3 Å². The Kier molecular flexibility index (Phi) is 9.94. The van der Waals surface area contributed by atoms with Crippen LogP contribution in [-0.2, 0) is 20.8 Å². The summed E-state index contributed by atoms with van der Waals surface area (Å²) in [5.74, 6) is 1.49. The average molecular weight is 405 g/mol. The quantitative estimate of drug-likeness (QED) is 0.356. The molecule has 1 aromatic carbocycles. The number of aliphatic imine (C=N–C) groups is 1. The molecule has 0 aromatic heterocycles. The maximum absolute atomic E-state index is 12.1. The second kappa shape index (κ2) is 12.4. The highest BCUT2D eigenvalue weighted by atomic mass is 16.5. The molecule has 0 aliphatic carbocycles. The van der Waals surface area contributed by atoms with E-state index in [1.807, 2.05) is 39.1 Å². The summed E-state index contributed by atoms with van der Waals surface area (Å²) in [7, 11) is 3.50. The minimum Gasteiger partial charge on any atom is -0.382 e. The summed E-state index contributed by atoms with van der Waals surface area (Å²) >= 11 is 0. The number of anilines is 1. The van der Waals surface area contributed by atoms with E-state index in [1.54, 1.807) is 7.11 Å². The van der Waals surface area contributed by atoms with Crippen LogP contribution in [0.5, 0.6) is 0 Å². The Morgan fingerprint density at radius 3 is 2.93 bits per heavy atom. The number of hydrogen-bond acceptors (Lipinski definition) is 4. The highest BCUT2D eigenvalue weighted by Crippen LogP contribution is 2.17. The molecule has 7 nitrogen and oxygen atoms in total. The molecule has 2 unspecified atom stereocenters. The predicted molar refractivity (Wildman–Crippen MR) is 117 cm³/mol. The van der Waals surface area contributed by atoms with Crippen LogP contribution in [0.3, 0.4) is 0 Å². The largest absolute Gasteiger partial charge is 0.382 e. The molecule has 2 N–H and O–H groups in total. The third-order valence-electron chi connectivity index (χ3n) is 5.29. The minimum atomic E-state index is 0.0113. The van der Waals surface area contributed by atoms with Crippen molar-refractivity contribution in [3.05, 3.63) is 29.8 Å². The van der Waals surface area contributed by atoms with E-state index in [2.05, 4.69) is 26.6 Å². The van der Waals surface area contributed by atoms with Crippen molar-refractivity contribution in [2.45, 2.75) is 33.2 Å². The number of ether oxygens (including phenoxy) is 2. The molecule has 2 rings (SSSR count). The summed E-state index contributed by atoms with van der Waals surface area (Å²) in [4.78, 5) is 18.8. The van der Waals surface area contributed by atoms with E-state index in [-0.39, 0.29) is 11.8 Å². The number of nitrogens with one attached hydrogen (secondary N) is 2. The van der Waals surface area contributed by atoms with Crippen LogP contribution in [0, 0.1) is 11.8 Å². The molecule has 0 saturated carbocycles. The molecule has 2 atom stereocenters. The van der Waals surface area contributed by atoms with Crippen LogP contribution < -0.4 is 10.6 Å². The Bertz CT molecular complexity index is 665. The maximum Gasteiger partial charge on any atom is 0.227 e. The summed E-state index contributed by atoms with van der Waals surface area (Å²) in [6.45, 7) is 8.57. The molecule has 0 radical (unpaired) electrons. The van der Waals surface area contributed by atoms with E-state index in [0.717, 1.165) is 49.7 Å². The molecule has 1 aromatic rings. The van der Waals surface area contributed by atoms with Gasteiger partial charge in [0, 0.05) is 51.3 Å². The molecule has 1 saturated heterocycles. The fraction of sp³-hybridized carbons (Fsp3) is 0.636. The topological polar surface area (TPSA) is 75.2 Å². The lowest BCUT2D eigenvalue weighted by atomic mass is 10.1. The van der Waals surface area contributed by atoms with Gasteiger partial charge in [0.25, 0.3) is 0 Å². The number of methoxy groups -OCH3 is 1. The van der Waals surface area contributed by atoms with Gasteiger partial charge in [-0.1, -0.05) is 26.0 Å². The van der Waals surface area contributed by atoms with Crippen molar-refractivity contribution >= 4 is 17.6 Å². The fourth-order valence-electron chi connectivity index (χ4n) is 3.28. The number of amides is 1. The van der Waals surface area contributed by atoms with Crippen LogP contribution in [0.2, 0.25) is 0 Å². The molecular weight excluding hydrogens is 368 g/mol. The van der Waals surface area contributed by atoms with Crippen LogP contribution >= 0.6 is 0 Å². The van der Waals surface area contributed by atoms with Crippen LogP contribution in [0.25, 0.3) is 0 Å². The van der Waals surface area contributed by atoms with E-state index >= 15 is 0 Å². The van der Waals surface area contributed by atoms with Crippen molar-refractivity contribution in [3.8, 4) is 0 Å². The van der Waals surface area contributed by atoms with Gasteiger partial charge in [-0.05, 0) is 30.5 Å². The molecule has 1 heterocycles. The zero-order valence-corrected chi connectivity index (χ0v) is 18.2. The van der Waals surface area contributed by atoms with E-state index < -0.39 is 0 Å². The lowest BCUT2D eigenvalue weighted by Crippen LogP contribution is -2.39. The number of carbonyl (C=O) groups is 1. The minimum absolute atomic E-state index is 0.0113. The second-order valence-corrected chi connectivity index (χ2v) is 7.57. The standard InChI is InChI=1S/C22H36N4O3/c1-5-17(2)21(27)25-20-8-6-7-18(13-20)14-24-22(23-3)26-10-9-19(15-26)16-29-12-11-28-4/h6-8,13,17,19H,5,9-12,14-16H2,1-4H3,(H,23,24)(H,25,27). The Morgan fingerprint density at radius 1 is 1.38 bits per heavy atom. The van der Waals surface area contributed by atoms with Gasteiger partial charge in [0.1, 0.15) is 0 Å². The fourth-order valence-corrected chi connectivity index (χ4v) is 3.28. The predicted octanol–water partition coefficient (Wildman–Crippen LogP) is 2.73. The molecular formula is C22H36N4O3. The molecule has 0 bridgehead atoms. The van der Waals surface area contributed by atoms with Gasteiger partial charge in [0.2, 0.25) is 5.91 Å². The third-order valence-corrected chi connectivity index (χ3v) is 5.29. The van der Waals surface area contributed by atoms with Crippen LogP contribution in [0.4, 0.5) is 5.69 Å². The Morgan fingerprint density at radius 2 is 2.21 bits per heavy atom. The first kappa shape index (κ1) is 23.2. The lowest BCUT2D eigenvalue weighted by Gasteiger charge is -2.22. The molecule has 29 heavy (non-hydrogen) atoms. The Labute approximate surface area is 174 Å². The highest BCUT2D eigenvalue weighted by molar-refractivity contribution is 5.92. The van der Waals surface area contributed by atoms with Gasteiger partial charge in [-0.3, -0.25) is 9.79 Å². The molecule has 1 aliphatic rings.